The van der Waals surface area contributed by atoms with E-state index in [1.807, 2.05) is 31.2 Å². The van der Waals surface area contributed by atoms with Crippen LogP contribution in [-0.2, 0) is 4.79 Å². The van der Waals surface area contributed by atoms with Gasteiger partial charge in [-0.15, -0.1) is 0 Å². The van der Waals surface area contributed by atoms with Gasteiger partial charge in [0.2, 0.25) is 5.91 Å². The number of imidazole rings is 1. The van der Waals surface area contributed by atoms with E-state index in [0.29, 0.717) is 13.0 Å². The Morgan fingerprint density at radius 1 is 1.52 bits per heavy atom. The van der Waals surface area contributed by atoms with Crippen molar-refractivity contribution in [2.75, 3.05) is 6.61 Å². The maximum Gasteiger partial charge on any atom is 0.228 e. The smallest absolute Gasteiger partial charge is 0.228 e. The van der Waals surface area contributed by atoms with Crippen LogP contribution in [0.1, 0.15) is 43.1 Å². The fourth-order valence-electron chi connectivity index (χ4n) is 2.72. The SMILES string of the molecule is CCC(NC(=O)C1CCOc2ccccc21)c1ncc[nH]1. The van der Waals surface area contributed by atoms with Crippen molar-refractivity contribution in [2.45, 2.75) is 31.7 Å². The summed E-state index contributed by atoms with van der Waals surface area (Å²) in [5.74, 6) is 1.49. The van der Waals surface area contributed by atoms with Gasteiger partial charge in [0.1, 0.15) is 11.6 Å². The fourth-order valence-corrected chi connectivity index (χ4v) is 2.72. The Morgan fingerprint density at radius 3 is 3.14 bits per heavy atom. The molecule has 1 aromatic heterocycles. The summed E-state index contributed by atoms with van der Waals surface area (Å²) in [5.41, 5.74) is 0.968. The van der Waals surface area contributed by atoms with E-state index < -0.39 is 0 Å². The summed E-state index contributed by atoms with van der Waals surface area (Å²) in [7, 11) is 0. The molecule has 0 saturated carbocycles. The number of hydrogen-bond donors (Lipinski definition) is 2. The molecule has 2 aromatic rings. The van der Waals surface area contributed by atoms with E-state index in [4.69, 9.17) is 4.74 Å². The molecule has 0 radical (unpaired) electrons. The minimum Gasteiger partial charge on any atom is -0.493 e. The average Bonchev–Trinajstić information content (AvgIpc) is 3.06. The highest BCUT2D eigenvalue weighted by Gasteiger charge is 2.29. The van der Waals surface area contributed by atoms with Gasteiger partial charge >= 0.3 is 0 Å². The summed E-state index contributed by atoms with van der Waals surface area (Å²) >= 11 is 0. The number of H-pyrrole nitrogens is 1. The third-order valence-corrected chi connectivity index (χ3v) is 3.85. The number of ether oxygens (including phenoxy) is 1. The Labute approximate surface area is 123 Å². The van der Waals surface area contributed by atoms with Gasteiger partial charge in [0, 0.05) is 18.0 Å². The number of para-hydroxylation sites is 1. The third-order valence-electron chi connectivity index (χ3n) is 3.85. The first-order valence-corrected chi connectivity index (χ1v) is 7.31. The highest BCUT2D eigenvalue weighted by Crippen LogP contribution is 2.33. The molecule has 110 valence electrons. The summed E-state index contributed by atoms with van der Waals surface area (Å²) in [4.78, 5) is 19.9. The fraction of sp³-hybridized carbons (Fsp3) is 0.375. The predicted molar refractivity (Wildman–Crippen MR) is 79.1 cm³/mol. The minimum absolute atomic E-state index is 0.0361. The highest BCUT2D eigenvalue weighted by molar-refractivity contribution is 5.85. The second-order valence-electron chi connectivity index (χ2n) is 5.17. The van der Waals surface area contributed by atoms with Crippen molar-refractivity contribution >= 4 is 5.91 Å². The van der Waals surface area contributed by atoms with Crippen molar-refractivity contribution in [1.82, 2.24) is 15.3 Å². The number of nitrogens with one attached hydrogen (secondary N) is 2. The Hall–Kier alpha value is -2.30. The lowest BCUT2D eigenvalue weighted by atomic mass is 9.92. The van der Waals surface area contributed by atoms with Gasteiger partial charge in [-0.1, -0.05) is 25.1 Å². The number of carbonyl (C=O) groups is 1. The molecule has 0 spiro atoms. The van der Waals surface area contributed by atoms with Crippen LogP contribution in [0.15, 0.2) is 36.7 Å². The van der Waals surface area contributed by atoms with Crippen LogP contribution in [0.2, 0.25) is 0 Å². The molecule has 0 aliphatic carbocycles. The van der Waals surface area contributed by atoms with Crippen LogP contribution < -0.4 is 10.1 Å². The number of hydrogen-bond acceptors (Lipinski definition) is 3. The standard InChI is InChI=1S/C16H19N3O2/c1-2-13(15-17-8-9-18-15)19-16(20)12-7-10-21-14-6-4-3-5-11(12)14/h3-6,8-9,12-13H,2,7,10H2,1H3,(H,17,18)(H,19,20). The summed E-state index contributed by atoms with van der Waals surface area (Å²) in [6, 6.07) is 7.67. The predicted octanol–water partition coefficient (Wildman–Crippen LogP) is 2.54. The molecular formula is C16H19N3O2. The van der Waals surface area contributed by atoms with E-state index >= 15 is 0 Å². The van der Waals surface area contributed by atoms with Gasteiger partial charge in [-0.05, 0) is 18.9 Å². The molecule has 0 fully saturated rings. The van der Waals surface area contributed by atoms with E-state index in [1.165, 1.54) is 0 Å². The highest BCUT2D eigenvalue weighted by atomic mass is 16.5. The normalized spacial score (nSPS) is 18.4. The Balaban J connectivity index is 1.77. The summed E-state index contributed by atoms with van der Waals surface area (Å²) in [5, 5.41) is 3.09. The number of amides is 1. The molecule has 2 heterocycles. The van der Waals surface area contributed by atoms with Crippen LogP contribution in [0.25, 0.3) is 0 Å². The van der Waals surface area contributed by atoms with Crippen molar-refractivity contribution in [3.8, 4) is 5.75 Å². The van der Waals surface area contributed by atoms with Gasteiger partial charge in [-0.2, -0.15) is 0 Å². The second-order valence-corrected chi connectivity index (χ2v) is 5.17. The second kappa shape index (κ2) is 5.99. The van der Waals surface area contributed by atoms with Gasteiger partial charge in [0.15, 0.2) is 0 Å². The molecule has 1 aromatic carbocycles. The summed E-state index contributed by atoms with van der Waals surface area (Å²) in [6.07, 6.45) is 4.98. The van der Waals surface area contributed by atoms with Crippen LogP contribution >= 0.6 is 0 Å². The molecule has 0 bridgehead atoms. The van der Waals surface area contributed by atoms with Crippen molar-refractivity contribution in [3.05, 3.63) is 48.0 Å². The quantitative estimate of drug-likeness (QED) is 0.907. The summed E-state index contributed by atoms with van der Waals surface area (Å²) < 4.78 is 5.61. The van der Waals surface area contributed by atoms with Gasteiger partial charge in [0.05, 0.1) is 18.6 Å². The molecule has 1 aliphatic rings. The van der Waals surface area contributed by atoms with Crippen molar-refractivity contribution < 1.29 is 9.53 Å². The monoisotopic (exact) mass is 285 g/mol. The Kier molecular flexibility index (Phi) is 3.90. The Bertz CT molecular complexity index is 610. The third kappa shape index (κ3) is 2.77. The average molecular weight is 285 g/mol. The first kappa shape index (κ1) is 13.7. The molecule has 2 unspecified atom stereocenters. The number of nitrogens with zero attached hydrogens (tertiary/aromatic N) is 1. The van der Waals surface area contributed by atoms with Crippen molar-refractivity contribution in [2.24, 2.45) is 0 Å². The van der Waals surface area contributed by atoms with Gasteiger partial charge in [-0.3, -0.25) is 4.79 Å². The topological polar surface area (TPSA) is 67.0 Å². The number of aromatic nitrogens is 2. The van der Waals surface area contributed by atoms with Crippen molar-refractivity contribution in [3.63, 3.8) is 0 Å². The lowest BCUT2D eigenvalue weighted by Crippen LogP contribution is -2.35. The maximum atomic E-state index is 12.6. The van der Waals surface area contributed by atoms with Gasteiger partial charge in [-0.25, -0.2) is 4.98 Å². The van der Waals surface area contributed by atoms with E-state index in [1.54, 1.807) is 12.4 Å². The molecule has 1 amide bonds. The van der Waals surface area contributed by atoms with Gasteiger partial charge in [0.25, 0.3) is 0 Å². The van der Waals surface area contributed by atoms with Crippen LogP contribution in [0.5, 0.6) is 5.75 Å². The number of aromatic amines is 1. The molecule has 0 saturated heterocycles. The van der Waals surface area contributed by atoms with E-state index in [-0.39, 0.29) is 17.9 Å². The molecule has 5 heteroatoms. The van der Waals surface area contributed by atoms with Crippen LogP contribution in [0, 0.1) is 0 Å². The van der Waals surface area contributed by atoms with E-state index in [0.717, 1.165) is 23.6 Å². The molecule has 1 aliphatic heterocycles. The molecule has 2 atom stereocenters. The van der Waals surface area contributed by atoms with Crippen LogP contribution in [0.3, 0.4) is 0 Å². The van der Waals surface area contributed by atoms with E-state index in [2.05, 4.69) is 15.3 Å². The zero-order valence-corrected chi connectivity index (χ0v) is 12.0. The molecular weight excluding hydrogens is 266 g/mol. The van der Waals surface area contributed by atoms with E-state index in [9.17, 15) is 4.79 Å². The largest absolute Gasteiger partial charge is 0.493 e. The minimum atomic E-state index is -0.154. The first-order chi connectivity index (χ1) is 10.3. The zero-order chi connectivity index (χ0) is 14.7. The van der Waals surface area contributed by atoms with Crippen LogP contribution in [0.4, 0.5) is 0 Å². The Morgan fingerprint density at radius 2 is 2.38 bits per heavy atom. The number of carbonyl (C=O) groups excluding carboxylic acids is 1. The maximum absolute atomic E-state index is 12.6. The summed E-state index contributed by atoms with van der Waals surface area (Å²) in [6.45, 7) is 2.61. The molecule has 3 rings (SSSR count). The number of rotatable bonds is 4. The number of benzene rings is 1. The molecule has 21 heavy (non-hydrogen) atoms. The van der Waals surface area contributed by atoms with Crippen LogP contribution in [-0.4, -0.2) is 22.5 Å². The lowest BCUT2D eigenvalue weighted by molar-refractivity contribution is -0.124. The zero-order valence-electron chi connectivity index (χ0n) is 12.0. The lowest BCUT2D eigenvalue weighted by Gasteiger charge is -2.26. The van der Waals surface area contributed by atoms with Gasteiger partial charge < -0.3 is 15.0 Å². The first-order valence-electron chi connectivity index (χ1n) is 7.31. The number of fused-ring (bicyclic) bond motifs is 1. The molecule has 2 N–H and O–H groups in total. The van der Waals surface area contributed by atoms with Crippen molar-refractivity contribution in [1.29, 1.82) is 0 Å². The molecule has 5 nitrogen and oxygen atoms in total.